The second-order valence-electron chi connectivity index (χ2n) is 3.69. The van der Waals surface area contributed by atoms with Gasteiger partial charge >= 0.3 is 0 Å². The highest BCUT2D eigenvalue weighted by molar-refractivity contribution is 9.10. The Hall–Kier alpha value is -1.11. The molecule has 0 atom stereocenters. The van der Waals surface area contributed by atoms with Crippen molar-refractivity contribution in [2.24, 2.45) is 0 Å². The molecule has 2 rings (SSSR count). The summed E-state index contributed by atoms with van der Waals surface area (Å²) in [5, 5.41) is 0.245. The zero-order chi connectivity index (χ0) is 14.0. The van der Waals surface area contributed by atoms with Crippen molar-refractivity contribution in [1.82, 2.24) is 0 Å². The van der Waals surface area contributed by atoms with E-state index >= 15 is 0 Å². The van der Waals surface area contributed by atoms with Gasteiger partial charge in [0, 0.05) is 4.47 Å². The predicted octanol–water partition coefficient (Wildman–Crippen LogP) is 4.04. The van der Waals surface area contributed by atoms with E-state index in [4.69, 9.17) is 11.6 Å². The van der Waals surface area contributed by atoms with Crippen LogP contribution in [0, 0.1) is 5.82 Å². The van der Waals surface area contributed by atoms with Gasteiger partial charge in [0.05, 0.1) is 15.6 Å². The first kappa shape index (κ1) is 14.3. The van der Waals surface area contributed by atoms with Crippen LogP contribution in [0.5, 0.6) is 0 Å². The molecular weight excluding hydrogens is 357 g/mol. The fourth-order valence-electron chi connectivity index (χ4n) is 1.41. The molecule has 3 nitrogen and oxygen atoms in total. The summed E-state index contributed by atoms with van der Waals surface area (Å²) in [6.07, 6.45) is 0. The van der Waals surface area contributed by atoms with E-state index < -0.39 is 15.8 Å². The smallest absolute Gasteiger partial charge is 0.262 e. The van der Waals surface area contributed by atoms with Crippen molar-refractivity contribution < 1.29 is 12.8 Å². The minimum absolute atomic E-state index is 0.161. The Labute approximate surface area is 123 Å². The van der Waals surface area contributed by atoms with Crippen LogP contribution in [-0.2, 0) is 10.0 Å². The quantitative estimate of drug-likeness (QED) is 0.893. The summed E-state index contributed by atoms with van der Waals surface area (Å²) >= 11 is 9.14. The number of hydrogen-bond acceptors (Lipinski definition) is 2. The van der Waals surface area contributed by atoms with Gasteiger partial charge in [0.25, 0.3) is 10.0 Å². The Bertz CT molecular complexity index is 721. The second-order valence-corrected chi connectivity index (χ2v) is 6.69. The Kier molecular flexibility index (Phi) is 4.13. The van der Waals surface area contributed by atoms with Gasteiger partial charge in [0.2, 0.25) is 0 Å². The van der Waals surface area contributed by atoms with E-state index in [9.17, 15) is 12.8 Å². The summed E-state index contributed by atoms with van der Waals surface area (Å²) in [4.78, 5) is -0.161. The molecule has 0 saturated carbocycles. The van der Waals surface area contributed by atoms with Gasteiger partial charge in [-0.2, -0.15) is 0 Å². The summed E-state index contributed by atoms with van der Waals surface area (Å²) in [7, 11) is -3.86. The third kappa shape index (κ3) is 3.46. The van der Waals surface area contributed by atoms with Crippen LogP contribution < -0.4 is 4.72 Å². The molecular formula is C12H8BrClFNO2S. The summed E-state index contributed by atoms with van der Waals surface area (Å²) < 4.78 is 40.2. The van der Waals surface area contributed by atoms with Gasteiger partial charge in [-0.15, -0.1) is 0 Å². The molecule has 100 valence electrons. The molecule has 0 radical (unpaired) electrons. The standard InChI is InChI=1S/C12H8BrClFNO2S/c13-8-4-5-12(11(14)6-8)16-19(17,18)10-3-1-2-9(15)7-10/h1-7,16H. The molecule has 0 bridgehead atoms. The van der Waals surface area contributed by atoms with Crippen molar-refractivity contribution in [2.75, 3.05) is 4.72 Å². The molecule has 0 amide bonds. The average Bonchev–Trinajstić information content (AvgIpc) is 2.33. The van der Waals surface area contributed by atoms with Gasteiger partial charge in [-0.25, -0.2) is 12.8 Å². The molecule has 0 aliphatic carbocycles. The largest absolute Gasteiger partial charge is 0.278 e. The van der Waals surface area contributed by atoms with Crippen LogP contribution >= 0.6 is 27.5 Å². The molecule has 7 heteroatoms. The number of anilines is 1. The van der Waals surface area contributed by atoms with Crippen molar-refractivity contribution in [2.45, 2.75) is 4.90 Å². The van der Waals surface area contributed by atoms with Crippen LogP contribution in [0.25, 0.3) is 0 Å². The van der Waals surface area contributed by atoms with Crippen LogP contribution in [0.1, 0.15) is 0 Å². The minimum atomic E-state index is -3.86. The lowest BCUT2D eigenvalue weighted by Gasteiger charge is -2.09. The van der Waals surface area contributed by atoms with Gasteiger partial charge in [0.15, 0.2) is 0 Å². The first-order chi connectivity index (χ1) is 8.88. The second kappa shape index (κ2) is 5.48. The van der Waals surface area contributed by atoms with Gasteiger partial charge < -0.3 is 0 Å². The minimum Gasteiger partial charge on any atom is -0.278 e. The maximum absolute atomic E-state index is 13.0. The van der Waals surface area contributed by atoms with E-state index in [1.165, 1.54) is 24.3 Å². The van der Waals surface area contributed by atoms with Gasteiger partial charge in [-0.05, 0) is 36.4 Å². The van der Waals surface area contributed by atoms with Crippen LogP contribution in [0.2, 0.25) is 5.02 Å². The highest BCUT2D eigenvalue weighted by Crippen LogP contribution is 2.27. The molecule has 19 heavy (non-hydrogen) atoms. The average molecular weight is 365 g/mol. The van der Waals surface area contributed by atoms with Crippen molar-refractivity contribution >= 4 is 43.2 Å². The van der Waals surface area contributed by atoms with E-state index in [0.717, 1.165) is 10.5 Å². The van der Waals surface area contributed by atoms with Gasteiger partial charge in [-0.1, -0.05) is 33.6 Å². The number of nitrogens with one attached hydrogen (secondary N) is 1. The number of halogens is 3. The van der Waals surface area contributed by atoms with Crippen molar-refractivity contribution in [3.8, 4) is 0 Å². The van der Waals surface area contributed by atoms with Crippen molar-refractivity contribution in [1.29, 1.82) is 0 Å². The molecule has 0 aromatic heterocycles. The normalized spacial score (nSPS) is 11.3. The molecule has 0 aliphatic heterocycles. The van der Waals surface area contributed by atoms with Crippen LogP contribution in [0.3, 0.4) is 0 Å². The summed E-state index contributed by atoms with van der Waals surface area (Å²) in [5.74, 6) is -0.621. The fourth-order valence-corrected chi connectivity index (χ4v) is 3.30. The van der Waals surface area contributed by atoms with E-state index in [0.29, 0.717) is 0 Å². The molecule has 0 heterocycles. The lowest BCUT2D eigenvalue weighted by molar-refractivity contribution is 0.595. The van der Waals surface area contributed by atoms with Crippen LogP contribution in [-0.4, -0.2) is 8.42 Å². The van der Waals surface area contributed by atoms with Gasteiger partial charge in [-0.3, -0.25) is 4.72 Å². The molecule has 2 aromatic carbocycles. The third-order valence-corrected chi connectivity index (χ3v) is 4.45. The van der Waals surface area contributed by atoms with E-state index in [1.807, 2.05) is 0 Å². The Balaban J connectivity index is 2.36. The summed E-state index contributed by atoms with van der Waals surface area (Å²) in [6.45, 7) is 0. The molecule has 0 saturated heterocycles. The topological polar surface area (TPSA) is 46.2 Å². The molecule has 0 aliphatic rings. The predicted molar refractivity (Wildman–Crippen MR) is 76.4 cm³/mol. The lowest BCUT2D eigenvalue weighted by Crippen LogP contribution is -2.13. The number of sulfonamides is 1. The lowest BCUT2D eigenvalue weighted by atomic mass is 10.3. The molecule has 0 spiro atoms. The highest BCUT2D eigenvalue weighted by Gasteiger charge is 2.16. The highest BCUT2D eigenvalue weighted by atomic mass is 79.9. The fraction of sp³-hybridized carbons (Fsp3) is 0. The Morgan fingerprint density at radius 2 is 1.89 bits per heavy atom. The molecule has 2 aromatic rings. The van der Waals surface area contributed by atoms with E-state index in [2.05, 4.69) is 20.7 Å². The molecule has 1 N–H and O–H groups in total. The van der Waals surface area contributed by atoms with Crippen molar-refractivity contribution in [3.63, 3.8) is 0 Å². The Morgan fingerprint density at radius 3 is 2.53 bits per heavy atom. The van der Waals surface area contributed by atoms with Crippen LogP contribution in [0.4, 0.5) is 10.1 Å². The Morgan fingerprint density at radius 1 is 1.16 bits per heavy atom. The summed E-state index contributed by atoms with van der Waals surface area (Å²) in [5.41, 5.74) is 0.231. The SMILES string of the molecule is O=S(=O)(Nc1ccc(Br)cc1Cl)c1cccc(F)c1. The summed E-state index contributed by atoms with van der Waals surface area (Å²) in [6, 6.07) is 9.47. The third-order valence-electron chi connectivity index (χ3n) is 2.28. The monoisotopic (exact) mass is 363 g/mol. The van der Waals surface area contributed by atoms with E-state index in [1.54, 1.807) is 12.1 Å². The van der Waals surface area contributed by atoms with Crippen molar-refractivity contribution in [3.05, 3.63) is 57.8 Å². The number of rotatable bonds is 3. The molecule has 0 unspecified atom stereocenters. The van der Waals surface area contributed by atoms with E-state index in [-0.39, 0.29) is 15.6 Å². The number of hydrogen-bond donors (Lipinski definition) is 1. The first-order valence-corrected chi connectivity index (χ1v) is 7.77. The first-order valence-electron chi connectivity index (χ1n) is 5.12. The van der Waals surface area contributed by atoms with Crippen LogP contribution in [0.15, 0.2) is 51.8 Å². The zero-order valence-corrected chi connectivity index (χ0v) is 12.6. The zero-order valence-electron chi connectivity index (χ0n) is 9.40. The molecule has 0 fully saturated rings. The number of benzene rings is 2. The maximum Gasteiger partial charge on any atom is 0.262 e. The maximum atomic E-state index is 13.0. The van der Waals surface area contributed by atoms with Gasteiger partial charge in [0.1, 0.15) is 5.82 Å².